The molecule has 0 saturated carbocycles. The molecule has 3 atom stereocenters. The Balaban J connectivity index is 1.65. The number of hydrogen-bond donors (Lipinski definition) is 2. The molecule has 0 spiro atoms. The lowest BCUT2D eigenvalue weighted by Gasteiger charge is -2.39. The van der Waals surface area contributed by atoms with Gasteiger partial charge < -0.3 is 0 Å². The van der Waals surface area contributed by atoms with Gasteiger partial charge in [0.2, 0.25) is 0 Å². The first kappa shape index (κ1) is 12.1. The van der Waals surface area contributed by atoms with Crippen LogP contribution in [0, 0.1) is 0 Å². The van der Waals surface area contributed by atoms with Gasteiger partial charge in [0.05, 0.1) is 0 Å². The number of hydrazine groups is 1. The monoisotopic (exact) mass is 265 g/mol. The zero-order valence-electron chi connectivity index (χ0n) is 11.4. The number of pyridine rings is 1. The van der Waals surface area contributed by atoms with E-state index in [2.05, 4.69) is 40.7 Å². The number of nitrogens with two attached hydrogens (primary N) is 1. The molecule has 0 saturated heterocycles. The predicted molar refractivity (Wildman–Crippen MR) is 79.3 cm³/mol. The first-order chi connectivity index (χ1) is 9.88. The van der Waals surface area contributed by atoms with Crippen LogP contribution in [0.15, 0.2) is 42.6 Å². The maximum absolute atomic E-state index is 5.90. The summed E-state index contributed by atoms with van der Waals surface area (Å²) in [7, 11) is 0. The highest BCUT2D eigenvalue weighted by Gasteiger charge is 2.40. The van der Waals surface area contributed by atoms with Crippen LogP contribution >= 0.6 is 0 Å². The van der Waals surface area contributed by atoms with E-state index in [-0.39, 0.29) is 0 Å². The van der Waals surface area contributed by atoms with Gasteiger partial charge in [-0.1, -0.05) is 30.3 Å². The van der Waals surface area contributed by atoms with E-state index in [0.717, 1.165) is 19.3 Å². The minimum absolute atomic E-state index is 0.293. The topological polar surface area (TPSA) is 50.9 Å². The summed E-state index contributed by atoms with van der Waals surface area (Å²) >= 11 is 0. The van der Waals surface area contributed by atoms with E-state index in [1.807, 2.05) is 12.3 Å². The van der Waals surface area contributed by atoms with E-state index in [0.29, 0.717) is 17.9 Å². The summed E-state index contributed by atoms with van der Waals surface area (Å²) in [5.41, 5.74) is 8.66. The molecule has 2 aliphatic carbocycles. The van der Waals surface area contributed by atoms with Crippen LogP contribution in [0.1, 0.15) is 40.6 Å². The third kappa shape index (κ3) is 1.70. The van der Waals surface area contributed by atoms with Crippen molar-refractivity contribution in [2.45, 2.75) is 37.1 Å². The average Bonchev–Trinajstić information content (AvgIpc) is 2.89. The second-order valence-electron chi connectivity index (χ2n) is 5.89. The van der Waals surface area contributed by atoms with E-state index in [1.54, 1.807) is 0 Å². The van der Waals surface area contributed by atoms with Crippen molar-refractivity contribution in [3.63, 3.8) is 0 Å². The summed E-state index contributed by atoms with van der Waals surface area (Å²) in [6.07, 6.45) is 5.31. The molecule has 0 aliphatic heterocycles. The molecule has 3 nitrogen and oxygen atoms in total. The van der Waals surface area contributed by atoms with Crippen molar-refractivity contribution in [3.8, 4) is 0 Å². The summed E-state index contributed by atoms with van der Waals surface area (Å²) in [6, 6.07) is 13.2. The SMILES string of the molecule is NNC(C1Cc2ccccc21)C1CCc2cccnc21. The molecule has 3 N–H and O–H groups in total. The van der Waals surface area contributed by atoms with Crippen molar-refractivity contribution in [1.29, 1.82) is 0 Å². The quantitative estimate of drug-likeness (QED) is 0.661. The van der Waals surface area contributed by atoms with E-state index in [9.17, 15) is 0 Å². The van der Waals surface area contributed by atoms with Gasteiger partial charge in [-0.3, -0.25) is 16.3 Å². The number of nitrogens with zero attached hydrogens (tertiary/aromatic N) is 1. The molecule has 2 aromatic rings. The van der Waals surface area contributed by atoms with Gasteiger partial charge in [0.15, 0.2) is 0 Å². The molecule has 1 aromatic heterocycles. The van der Waals surface area contributed by atoms with Crippen molar-refractivity contribution in [2.75, 3.05) is 0 Å². The van der Waals surface area contributed by atoms with Gasteiger partial charge in [-0.15, -0.1) is 0 Å². The van der Waals surface area contributed by atoms with E-state index in [1.165, 1.54) is 22.4 Å². The molecule has 0 amide bonds. The van der Waals surface area contributed by atoms with Crippen molar-refractivity contribution in [2.24, 2.45) is 5.84 Å². The molecule has 0 radical (unpaired) electrons. The van der Waals surface area contributed by atoms with Crippen LogP contribution in [0.4, 0.5) is 0 Å². The van der Waals surface area contributed by atoms with Crippen molar-refractivity contribution in [3.05, 3.63) is 65.0 Å². The number of benzene rings is 1. The van der Waals surface area contributed by atoms with Crippen molar-refractivity contribution in [1.82, 2.24) is 10.4 Å². The van der Waals surface area contributed by atoms with Gasteiger partial charge in [-0.2, -0.15) is 0 Å². The predicted octanol–water partition coefficient (Wildman–Crippen LogP) is 2.28. The third-order valence-corrected chi connectivity index (χ3v) is 4.96. The normalized spacial score (nSPS) is 24.6. The number of hydrogen-bond acceptors (Lipinski definition) is 3. The highest BCUT2D eigenvalue weighted by Crippen LogP contribution is 2.44. The fourth-order valence-electron chi connectivity index (χ4n) is 3.92. The van der Waals surface area contributed by atoms with E-state index < -0.39 is 0 Å². The molecule has 1 heterocycles. The molecular formula is C17H19N3. The van der Waals surface area contributed by atoms with E-state index >= 15 is 0 Å². The van der Waals surface area contributed by atoms with Gasteiger partial charge in [-0.05, 0) is 42.0 Å². The lowest BCUT2D eigenvalue weighted by atomic mass is 9.70. The molecule has 3 unspecified atom stereocenters. The average molecular weight is 265 g/mol. The van der Waals surface area contributed by atoms with Crippen LogP contribution in [-0.4, -0.2) is 11.0 Å². The van der Waals surface area contributed by atoms with Crippen LogP contribution in [0.25, 0.3) is 0 Å². The number of aromatic nitrogens is 1. The van der Waals surface area contributed by atoms with Gasteiger partial charge in [0, 0.05) is 29.8 Å². The summed E-state index contributed by atoms with van der Waals surface area (Å²) in [4.78, 5) is 4.61. The molecule has 3 heteroatoms. The fraction of sp³-hybridized carbons (Fsp3) is 0.353. The van der Waals surface area contributed by atoms with Gasteiger partial charge in [0.25, 0.3) is 0 Å². The standard InChI is InChI=1S/C17H19N3/c18-20-17(15-10-12-4-1-2-6-13(12)15)14-8-7-11-5-3-9-19-16(11)14/h1-6,9,14-15,17,20H,7-8,10,18H2. The van der Waals surface area contributed by atoms with Crippen molar-refractivity contribution >= 4 is 0 Å². The number of nitrogens with one attached hydrogen (secondary N) is 1. The molecule has 2 aliphatic rings. The van der Waals surface area contributed by atoms with Crippen LogP contribution in [0.5, 0.6) is 0 Å². The largest absolute Gasteiger partial charge is 0.271 e. The van der Waals surface area contributed by atoms with Crippen LogP contribution in [0.2, 0.25) is 0 Å². The van der Waals surface area contributed by atoms with Crippen molar-refractivity contribution < 1.29 is 0 Å². The lowest BCUT2D eigenvalue weighted by molar-refractivity contribution is 0.344. The Labute approximate surface area is 119 Å². The minimum atomic E-state index is 0.293. The zero-order chi connectivity index (χ0) is 13.5. The van der Waals surface area contributed by atoms with Gasteiger partial charge in [-0.25, -0.2) is 0 Å². The van der Waals surface area contributed by atoms with Gasteiger partial charge >= 0.3 is 0 Å². The Morgan fingerprint density at radius 3 is 2.80 bits per heavy atom. The first-order valence-corrected chi connectivity index (χ1v) is 7.36. The number of rotatable bonds is 3. The number of fused-ring (bicyclic) bond motifs is 2. The maximum Gasteiger partial charge on any atom is 0.0482 e. The molecule has 20 heavy (non-hydrogen) atoms. The highest BCUT2D eigenvalue weighted by atomic mass is 15.2. The summed E-state index contributed by atoms with van der Waals surface area (Å²) in [5, 5.41) is 0. The smallest absolute Gasteiger partial charge is 0.0482 e. The number of aryl methyl sites for hydroxylation is 1. The molecule has 0 bridgehead atoms. The fourth-order valence-corrected chi connectivity index (χ4v) is 3.92. The second-order valence-corrected chi connectivity index (χ2v) is 5.89. The van der Waals surface area contributed by atoms with E-state index in [4.69, 9.17) is 5.84 Å². The molecule has 4 rings (SSSR count). The Kier molecular flexibility index (Phi) is 2.83. The van der Waals surface area contributed by atoms with Crippen LogP contribution < -0.4 is 11.3 Å². The molecule has 102 valence electrons. The summed E-state index contributed by atoms with van der Waals surface area (Å²) in [6.45, 7) is 0. The Hall–Kier alpha value is -1.71. The van der Waals surface area contributed by atoms with Crippen LogP contribution in [0.3, 0.4) is 0 Å². The third-order valence-electron chi connectivity index (χ3n) is 4.96. The van der Waals surface area contributed by atoms with Gasteiger partial charge in [0.1, 0.15) is 0 Å². The molecule has 1 aromatic carbocycles. The Morgan fingerprint density at radius 2 is 1.95 bits per heavy atom. The zero-order valence-corrected chi connectivity index (χ0v) is 11.4. The minimum Gasteiger partial charge on any atom is -0.271 e. The summed E-state index contributed by atoms with van der Waals surface area (Å²) < 4.78 is 0. The van der Waals surface area contributed by atoms with Crippen LogP contribution in [-0.2, 0) is 12.8 Å². The Morgan fingerprint density at radius 1 is 1.10 bits per heavy atom. The maximum atomic E-state index is 5.90. The summed E-state index contributed by atoms with van der Waals surface area (Å²) in [5.74, 6) is 6.86. The highest BCUT2D eigenvalue weighted by molar-refractivity contribution is 5.43. The molecule has 0 fully saturated rings. The second kappa shape index (κ2) is 4.69. The molecular weight excluding hydrogens is 246 g/mol. The Bertz CT molecular complexity index is 638. The first-order valence-electron chi connectivity index (χ1n) is 7.36. The lowest BCUT2D eigenvalue weighted by Crippen LogP contribution is -2.47.